The molecule has 8 heteroatoms. The summed E-state index contributed by atoms with van der Waals surface area (Å²) in [6.07, 6.45) is 13.3. The van der Waals surface area contributed by atoms with Gasteiger partial charge in [-0.05, 0) is 138 Å². The van der Waals surface area contributed by atoms with Crippen LogP contribution < -0.4 is 14.4 Å². The molecule has 0 fully saturated rings. The highest BCUT2D eigenvalue weighted by Gasteiger charge is 2.43. The van der Waals surface area contributed by atoms with Crippen molar-refractivity contribution < 1.29 is 19.4 Å². The van der Waals surface area contributed by atoms with Crippen LogP contribution in [0.25, 0.3) is 37.4 Å². The van der Waals surface area contributed by atoms with Crippen molar-refractivity contribution in [3.05, 3.63) is 131 Å². The Morgan fingerprint density at radius 1 is 0.661 bits per heavy atom. The monoisotopic (exact) mass is 820 g/mol. The van der Waals surface area contributed by atoms with E-state index in [2.05, 4.69) is 91.5 Å². The molecule has 1 aliphatic carbocycles. The van der Waals surface area contributed by atoms with E-state index in [4.69, 9.17) is 9.47 Å². The van der Waals surface area contributed by atoms with Gasteiger partial charge in [0, 0.05) is 42.0 Å². The van der Waals surface area contributed by atoms with Gasteiger partial charge in [-0.25, -0.2) is 4.79 Å². The molecule has 7 rings (SSSR count). The van der Waals surface area contributed by atoms with E-state index in [0.29, 0.717) is 0 Å². The minimum absolute atomic E-state index is 0.138. The van der Waals surface area contributed by atoms with Gasteiger partial charge in [0.2, 0.25) is 0 Å². The Balaban J connectivity index is 1.33. The number of unbranched alkanes of at least 4 members (excludes halogenated alkanes) is 6. The van der Waals surface area contributed by atoms with Crippen LogP contribution in [0.2, 0.25) is 0 Å². The summed E-state index contributed by atoms with van der Waals surface area (Å²) in [6, 6.07) is 40.9. The Morgan fingerprint density at radius 2 is 1.19 bits per heavy atom. The lowest BCUT2D eigenvalue weighted by atomic mass is 9.70. The average molecular weight is 821 g/mol. The Kier molecular flexibility index (Phi) is 13.4. The highest BCUT2D eigenvalue weighted by Crippen LogP contribution is 2.57. The second kappa shape index (κ2) is 19.0. The maximum Gasteiger partial charge on any atom is 0.346 e. The molecule has 6 nitrogen and oxygen atoms in total. The Hall–Kier alpha value is -5.62. The predicted octanol–water partition coefficient (Wildman–Crippen LogP) is 14.8. The molecule has 0 unspecified atom stereocenters. The van der Waals surface area contributed by atoms with Gasteiger partial charge in [0.15, 0.2) is 0 Å². The van der Waals surface area contributed by atoms with Crippen molar-refractivity contribution in [2.75, 3.05) is 19.1 Å². The number of carbonyl (C=O) groups is 1. The predicted molar refractivity (Wildman–Crippen MR) is 246 cm³/mol. The molecule has 0 amide bonds. The molecule has 0 aliphatic heterocycles. The van der Waals surface area contributed by atoms with Crippen LogP contribution in [0.4, 0.5) is 17.1 Å². The standard InChI is InChI=1S/C51H52N2O4S2/c1-5-7-9-11-29-51(30-12-10-8-6-2)45-32-35(47-27-28-49(59-47)48-26-23-42(58-48)31-36(34-52)50(54)55)13-24-43(45)44-25-18-39(33-46(44)51)53(37-14-19-40(56-3)20-15-37)38-16-21-41(57-4)22-17-38/h13-28,31-33H,5-12,29-30H2,1-4H3,(H,54,55)/b36-31-. The third-order valence-electron chi connectivity index (χ3n) is 11.6. The first-order valence-corrected chi connectivity index (χ1v) is 22.4. The van der Waals surface area contributed by atoms with Crippen LogP contribution in [0.5, 0.6) is 11.5 Å². The number of rotatable bonds is 19. The minimum atomic E-state index is -1.21. The van der Waals surface area contributed by atoms with E-state index in [1.165, 1.54) is 101 Å². The molecular formula is C51H52N2O4S2. The fourth-order valence-corrected chi connectivity index (χ4v) is 10.6. The molecule has 0 saturated heterocycles. The molecule has 0 spiro atoms. The molecule has 302 valence electrons. The number of ether oxygens (including phenoxy) is 2. The average Bonchev–Trinajstić information content (AvgIpc) is 4.01. The highest BCUT2D eigenvalue weighted by atomic mass is 32.1. The van der Waals surface area contributed by atoms with Gasteiger partial charge in [0.1, 0.15) is 23.1 Å². The zero-order chi connectivity index (χ0) is 41.4. The molecule has 4 aromatic carbocycles. The molecule has 59 heavy (non-hydrogen) atoms. The normalized spacial score (nSPS) is 12.8. The first kappa shape index (κ1) is 41.5. The Bertz CT molecular complexity index is 2390. The zero-order valence-electron chi connectivity index (χ0n) is 34.4. The first-order valence-electron chi connectivity index (χ1n) is 20.8. The van der Waals surface area contributed by atoms with Crippen LogP contribution in [0.15, 0.2) is 115 Å². The van der Waals surface area contributed by atoms with E-state index in [0.717, 1.165) is 56.0 Å². The van der Waals surface area contributed by atoms with Crippen LogP contribution in [-0.2, 0) is 10.2 Å². The molecule has 1 aliphatic rings. The van der Waals surface area contributed by atoms with Crippen molar-refractivity contribution >= 4 is 51.8 Å². The first-order chi connectivity index (χ1) is 28.8. The molecule has 1 N–H and O–H groups in total. The maximum atomic E-state index is 11.5. The number of methoxy groups -OCH3 is 2. The summed E-state index contributed by atoms with van der Waals surface area (Å²) in [5.41, 5.74) is 9.57. The molecule has 0 radical (unpaired) electrons. The smallest absolute Gasteiger partial charge is 0.346 e. The largest absolute Gasteiger partial charge is 0.497 e. The van der Waals surface area contributed by atoms with Gasteiger partial charge in [-0.3, -0.25) is 0 Å². The van der Waals surface area contributed by atoms with Crippen molar-refractivity contribution in [1.82, 2.24) is 0 Å². The lowest BCUT2D eigenvalue weighted by molar-refractivity contribution is -0.132. The summed E-state index contributed by atoms with van der Waals surface area (Å²) in [4.78, 5) is 17.9. The highest BCUT2D eigenvalue weighted by molar-refractivity contribution is 7.24. The maximum absolute atomic E-state index is 11.5. The number of anilines is 3. The van der Waals surface area contributed by atoms with E-state index >= 15 is 0 Å². The quantitative estimate of drug-likeness (QED) is 0.0498. The molecule has 2 heterocycles. The fourth-order valence-electron chi connectivity index (χ4n) is 8.53. The minimum Gasteiger partial charge on any atom is -0.497 e. The number of aliphatic carboxylic acids is 1. The van der Waals surface area contributed by atoms with Crippen molar-refractivity contribution in [2.24, 2.45) is 0 Å². The van der Waals surface area contributed by atoms with Crippen molar-refractivity contribution in [3.63, 3.8) is 0 Å². The lowest BCUT2D eigenvalue weighted by Crippen LogP contribution is -2.26. The number of carboxylic acid groups (broad SMARTS) is 1. The van der Waals surface area contributed by atoms with Crippen molar-refractivity contribution in [1.29, 1.82) is 5.26 Å². The third kappa shape index (κ3) is 8.88. The topological polar surface area (TPSA) is 82.8 Å². The summed E-state index contributed by atoms with van der Waals surface area (Å²) in [5.74, 6) is 0.429. The second-order valence-corrected chi connectivity index (χ2v) is 17.5. The number of nitrogens with zero attached hydrogens (tertiary/aromatic N) is 2. The summed E-state index contributed by atoms with van der Waals surface area (Å²) < 4.78 is 11.1. The fraction of sp³-hybridized carbons (Fsp3) is 0.294. The van der Waals surface area contributed by atoms with E-state index in [1.807, 2.05) is 36.4 Å². The number of hydrogen-bond donors (Lipinski definition) is 1. The Labute approximate surface area is 357 Å². The van der Waals surface area contributed by atoms with Crippen molar-refractivity contribution in [2.45, 2.75) is 83.5 Å². The molecule has 6 aromatic rings. The summed E-state index contributed by atoms with van der Waals surface area (Å²) >= 11 is 3.25. The second-order valence-electron chi connectivity index (χ2n) is 15.3. The summed E-state index contributed by atoms with van der Waals surface area (Å²) in [7, 11) is 3.40. The molecule has 2 aromatic heterocycles. The molecule has 0 saturated carbocycles. The number of nitriles is 1. The van der Waals surface area contributed by atoms with Crippen LogP contribution >= 0.6 is 22.7 Å². The number of hydrogen-bond acceptors (Lipinski definition) is 7. The number of thiophene rings is 2. The van der Waals surface area contributed by atoms with Crippen LogP contribution in [0.3, 0.4) is 0 Å². The lowest BCUT2D eigenvalue weighted by Gasteiger charge is -2.34. The summed E-state index contributed by atoms with van der Waals surface area (Å²) in [6.45, 7) is 4.57. The van der Waals surface area contributed by atoms with Gasteiger partial charge in [0.05, 0.1) is 14.2 Å². The Morgan fingerprint density at radius 3 is 1.75 bits per heavy atom. The SMILES string of the molecule is CCCCCCC1(CCCCCC)c2cc(-c3ccc(-c4ccc(/C=C(/C#N)C(=O)O)s4)s3)ccc2-c2ccc(N(c3ccc(OC)cc3)c3ccc(OC)cc3)cc21. The van der Waals surface area contributed by atoms with Crippen LogP contribution in [0, 0.1) is 11.3 Å². The van der Waals surface area contributed by atoms with Gasteiger partial charge < -0.3 is 19.5 Å². The van der Waals surface area contributed by atoms with E-state index < -0.39 is 5.97 Å². The molecule has 0 bridgehead atoms. The number of benzene rings is 4. The van der Waals surface area contributed by atoms with Gasteiger partial charge in [-0.1, -0.05) is 83.4 Å². The van der Waals surface area contributed by atoms with E-state index in [-0.39, 0.29) is 11.0 Å². The van der Waals surface area contributed by atoms with E-state index in [1.54, 1.807) is 31.6 Å². The molecular weight excluding hydrogens is 769 g/mol. The zero-order valence-corrected chi connectivity index (χ0v) is 36.1. The van der Waals surface area contributed by atoms with Gasteiger partial charge in [-0.15, -0.1) is 22.7 Å². The summed E-state index contributed by atoms with van der Waals surface area (Å²) in [5, 5.41) is 18.6. The van der Waals surface area contributed by atoms with Crippen molar-refractivity contribution in [3.8, 4) is 48.9 Å². The van der Waals surface area contributed by atoms with Crippen LogP contribution in [0.1, 0.15) is 94.1 Å². The van der Waals surface area contributed by atoms with E-state index in [9.17, 15) is 15.2 Å². The van der Waals surface area contributed by atoms with Crippen LogP contribution in [-0.4, -0.2) is 25.3 Å². The number of fused-ring (bicyclic) bond motifs is 3. The third-order valence-corrected chi connectivity index (χ3v) is 13.9. The van der Waals surface area contributed by atoms with Gasteiger partial charge in [0.25, 0.3) is 0 Å². The van der Waals surface area contributed by atoms with Gasteiger partial charge >= 0.3 is 5.97 Å². The van der Waals surface area contributed by atoms with Gasteiger partial charge in [-0.2, -0.15) is 5.26 Å². The molecule has 0 atom stereocenters. The number of carboxylic acids is 1.